The molecule has 0 unspecified atom stereocenters. The molecule has 0 amide bonds. The summed E-state index contributed by atoms with van der Waals surface area (Å²) in [5, 5.41) is 16.6. The maximum Gasteiger partial charge on any atom is 0.281 e. The predicted molar refractivity (Wildman–Crippen MR) is 72.7 cm³/mol. The normalized spacial score (nSPS) is 18.5. The number of rotatable bonds is 0. The van der Waals surface area contributed by atoms with Crippen molar-refractivity contribution in [2.75, 3.05) is 11.4 Å². The van der Waals surface area contributed by atoms with Gasteiger partial charge < -0.3 is 5.21 Å². The zero-order chi connectivity index (χ0) is 14.5. The maximum atomic E-state index is 12.7. The standard InChI is InChI=1S/C12H12N4O3S/c1-15-12-9(7-13-15)11(14-17)8-5-3-4-6-10(8)16(2)20(12,18)19/h3-7,17H,1-2H3. The van der Waals surface area contributed by atoms with Gasteiger partial charge in [-0.05, 0) is 6.07 Å². The number of para-hydroxylation sites is 1. The zero-order valence-electron chi connectivity index (χ0n) is 10.8. The molecule has 7 nitrogen and oxygen atoms in total. The molecule has 0 bridgehead atoms. The van der Waals surface area contributed by atoms with Crippen LogP contribution in [0.5, 0.6) is 0 Å². The lowest BCUT2D eigenvalue weighted by atomic mass is 10.0. The fraction of sp³-hybridized carbons (Fsp3) is 0.167. The molecule has 0 spiro atoms. The van der Waals surface area contributed by atoms with E-state index in [9.17, 15) is 13.6 Å². The number of aromatic nitrogens is 2. The molecule has 3 rings (SSSR count). The Kier molecular flexibility index (Phi) is 2.58. The number of aryl methyl sites for hydroxylation is 1. The van der Waals surface area contributed by atoms with Crippen LogP contribution in [0.25, 0.3) is 0 Å². The van der Waals surface area contributed by atoms with Gasteiger partial charge in [0, 0.05) is 19.7 Å². The van der Waals surface area contributed by atoms with Crippen molar-refractivity contribution >= 4 is 21.4 Å². The topological polar surface area (TPSA) is 87.8 Å². The molecular weight excluding hydrogens is 280 g/mol. The van der Waals surface area contributed by atoms with Crippen LogP contribution >= 0.6 is 0 Å². The lowest BCUT2D eigenvalue weighted by Gasteiger charge is -2.19. The third-order valence-electron chi connectivity index (χ3n) is 3.34. The second-order valence-corrected chi connectivity index (χ2v) is 6.31. The van der Waals surface area contributed by atoms with Gasteiger partial charge in [0.2, 0.25) is 0 Å². The Labute approximate surface area is 115 Å². The summed E-state index contributed by atoms with van der Waals surface area (Å²) in [7, 11) is -0.759. The molecule has 8 heteroatoms. The van der Waals surface area contributed by atoms with Crippen LogP contribution < -0.4 is 4.31 Å². The van der Waals surface area contributed by atoms with Crippen molar-refractivity contribution in [1.82, 2.24) is 9.78 Å². The first-order valence-electron chi connectivity index (χ1n) is 5.81. The number of nitrogens with zero attached hydrogens (tertiary/aromatic N) is 4. The van der Waals surface area contributed by atoms with Gasteiger partial charge in [-0.25, -0.2) is 0 Å². The Hall–Kier alpha value is -2.35. The number of anilines is 1. The van der Waals surface area contributed by atoms with E-state index in [0.29, 0.717) is 11.3 Å². The molecule has 1 aliphatic rings. The summed E-state index contributed by atoms with van der Waals surface area (Å²) >= 11 is 0. The van der Waals surface area contributed by atoms with Crippen LogP contribution in [0, 0.1) is 0 Å². The van der Waals surface area contributed by atoms with E-state index >= 15 is 0 Å². The predicted octanol–water partition coefficient (Wildman–Crippen LogP) is 0.785. The van der Waals surface area contributed by atoms with Crippen molar-refractivity contribution in [1.29, 1.82) is 0 Å². The minimum atomic E-state index is -3.76. The lowest BCUT2D eigenvalue weighted by molar-refractivity contribution is 0.319. The molecule has 0 radical (unpaired) electrons. The summed E-state index contributed by atoms with van der Waals surface area (Å²) in [6.45, 7) is 0. The van der Waals surface area contributed by atoms with Gasteiger partial charge in [0.1, 0.15) is 5.71 Å². The van der Waals surface area contributed by atoms with Crippen LogP contribution in [0.2, 0.25) is 0 Å². The Morgan fingerprint density at radius 3 is 2.60 bits per heavy atom. The number of oxime groups is 1. The van der Waals surface area contributed by atoms with Crippen LogP contribution in [0.1, 0.15) is 11.1 Å². The highest BCUT2D eigenvalue weighted by Crippen LogP contribution is 2.33. The van der Waals surface area contributed by atoms with Crippen molar-refractivity contribution in [2.45, 2.75) is 5.03 Å². The lowest BCUT2D eigenvalue weighted by Crippen LogP contribution is -2.28. The molecule has 1 aromatic carbocycles. The molecule has 0 saturated carbocycles. The van der Waals surface area contributed by atoms with Crippen LogP contribution in [0.4, 0.5) is 5.69 Å². The molecule has 2 aromatic rings. The van der Waals surface area contributed by atoms with E-state index in [2.05, 4.69) is 10.3 Å². The minimum absolute atomic E-state index is 0.00370. The van der Waals surface area contributed by atoms with Gasteiger partial charge in [0.15, 0.2) is 5.03 Å². The highest BCUT2D eigenvalue weighted by atomic mass is 32.2. The average molecular weight is 292 g/mol. The largest absolute Gasteiger partial charge is 0.410 e. The summed E-state index contributed by atoms with van der Waals surface area (Å²) in [6, 6.07) is 6.86. The quantitative estimate of drug-likeness (QED) is 0.574. The molecule has 0 fully saturated rings. The molecule has 0 aliphatic carbocycles. The van der Waals surface area contributed by atoms with E-state index < -0.39 is 10.0 Å². The molecule has 1 aliphatic heterocycles. The first kappa shape index (κ1) is 12.7. The van der Waals surface area contributed by atoms with Gasteiger partial charge in [0.25, 0.3) is 10.0 Å². The SMILES string of the molecule is CN1c2ccccc2C(=NO)c2cnn(C)c2S1(=O)=O. The van der Waals surface area contributed by atoms with Crippen LogP contribution in [-0.4, -0.2) is 36.2 Å². The highest BCUT2D eigenvalue weighted by Gasteiger charge is 2.36. The third-order valence-corrected chi connectivity index (χ3v) is 5.23. The highest BCUT2D eigenvalue weighted by molar-refractivity contribution is 7.92. The van der Waals surface area contributed by atoms with Gasteiger partial charge >= 0.3 is 0 Å². The smallest absolute Gasteiger partial charge is 0.281 e. The van der Waals surface area contributed by atoms with Crippen LogP contribution in [-0.2, 0) is 17.1 Å². The Bertz CT molecular complexity index is 823. The van der Waals surface area contributed by atoms with E-state index in [4.69, 9.17) is 0 Å². The molecule has 2 heterocycles. The van der Waals surface area contributed by atoms with E-state index in [1.165, 1.54) is 29.3 Å². The third kappa shape index (κ3) is 1.48. The summed E-state index contributed by atoms with van der Waals surface area (Å²) < 4.78 is 27.7. The van der Waals surface area contributed by atoms with Gasteiger partial charge in [0.05, 0.1) is 17.4 Å². The second kappa shape index (κ2) is 4.07. The number of hydrogen-bond donors (Lipinski definition) is 1. The van der Waals surface area contributed by atoms with Crippen molar-refractivity contribution in [3.8, 4) is 0 Å². The fourth-order valence-corrected chi connectivity index (χ4v) is 3.84. The van der Waals surface area contributed by atoms with E-state index in [1.807, 2.05) is 0 Å². The molecule has 1 N–H and O–H groups in total. The van der Waals surface area contributed by atoms with E-state index in [0.717, 1.165) is 0 Å². The monoisotopic (exact) mass is 292 g/mol. The van der Waals surface area contributed by atoms with Crippen molar-refractivity contribution in [2.24, 2.45) is 12.2 Å². The molecule has 104 valence electrons. The van der Waals surface area contributed by atoms with Gasteiger partial charge in [-0.2, -0.15) is 13.5 Å². The summed E-state index contributed by atoms with van der Waals surface area (Å²) in [6.07, 6.45) is 1.39. The number of benzene rings is 1. The number of sulfonamides is 1. The van der Waals surface area contributed by atoms with Crippen molar-refractivity contribution < 1.29 is 13.6 Å². The summed E-state index contributed by atoms with van der Waals surface area (Å²) in [5.41, 5.74) is 1.47. The average Bonchev–Trinajstić information content (AvgIpc) is 2.79. The summed E-state index contributed by atoms with van der Waals surface area (Å²) in [4.78, 5) is 0. The maximum absolute atomic E-state index is 12.7. The molecule has 20 heavy (non-hydrogen) atoms. The first-order chi connectivity index (χ1) is 9.48. The molecule has 0 saturated heterocycles. The minimum Gasteiger partial charge on any atom is -0.410 e. The second-order valence-electron chi connectivity index (χ2n) is 4.43. The molecular formula is C12H12N4O3S. The Morgan fingerprint density at radius 2 is 1.90 bits per heavy atom. The van der Waals surface area contributed by atoms with Crippen LogP contribution in [0.15, 0.2) is 40.6 Å². The van der Waals surface area contributed by atoms with Crippen molar-refractivity contribution in [3.05, 3.63) is 41.6 Å². The van der Waals surface area contributed by atoms with E-state index in [-0.39, 0.29) is 16.3 Å². The Balaban J connectivity index is 2.49. The van der Waals surface area contributed by atoms with Gasteiger partial charge in [-0.15, -0.1) is 0 Å². The van der Waals surface area contributed by atoms with Gasteiger partial charge in [-0.1, -0.05) is 23.4 Å². The van der Waals surface area contributed by atoms with Crippen LogP contribution in [0.3, 0.4) is 0 Å². The molecule has 0 atom stereocenters. The fourth-order valence-electron chi connectivity index (χ4n) is 2.36. The number of hydrogen-bond acceptors (Lipinski definition) is 5. The number of fused-ring (bicyclic) bond motifs is 2. The zero-order valence-corrected chi connectivity index (χ0v) is 11.7. The van der Waals surface area contributed by atoms with Gasteiger partial charge in [-0.3, -0.25) is 8.99 Å². The van der Waals surface area contributed by atoms with E-state index in [1.54, 1.807) is 24.3 Å². The van der Waals surface area contributed by atoms with Crippen molar-refractivity contribution in [3.63, 3.8) is 0 Å². The molecule has 1 aromatic heterocycles. The summed E-state index contributed by atoms with van der Waals surface area (Å²) in [5.74, 6) is 0. The Morgan fingerprint density at radius 1 is 1.20 bits per heavy atom. The first-order valence-corrected chi connectivity index (χ1v) is 7.25.